The lowest BCUT2D eigenvalue weighted by atomic mass is 10.0. The molecule has 0 saturated heterocycles. The van der Waals surface area contributed by atoms with Crippen molar-refractivity contribution in [3.63, 3.8) is 0 Å². The van der Waals surface area contributed by atoms with E-state index in [1.165, 1.54) is 13.3 Å². The maximum Gasteiger partial charge on any atom is 0.416 e. The van der Waals surface area contributed by atoms with Crippen molar-refractivity contribution in [2.24, 2.45) is 10.3 Å². The second-order valence-corrected chi connectivity index (χ2v) is 6.25. The van der Waals surface area contributed by atoms with Gasteiger partial charge in [0.25, 0.3) is 0 Å². The van der Waals surface area contributed by atoms with Crippen molar-refractivity contribution in [2.75, 3.05) is 19.6 Å². The predicted octanol–water partition coefficient (Wildman–Crippen LogP) is 4.75. The third-order valence-electron chi connectivity index (χ3n) is 3.56. The van der Waals surface area contributed by atoms with Crippen molar-refractivity contribution >= 4 is 33.5 Å². The van der Waals surface area contributed by atoms with Gasteiger partial charge in [0, 0.05) is 12.7 Å². The zero-order valence-electron chi connectivity index (χ0n) is 13.7. The van der Waals surface area contributed by atoms with Gasteiger partial charge in [0.2, 0.25) is 0 Å². The number of methoxy groups -OCH3 is 2. The van der Waals surface area contributed by atoms with Gasteiger partial charge in [-0.25, -0.2) is 0 Å². The van der Waals surface area contributed by atoms with Crippen molar-refractivity contribution in [2.45, 2.75) is 17.1 Å². The van der Waals surface area contributed by atoms with Gasteiger partial charge in [-0.05, 0) is 29.5 Å². The monoisotopic (exact) mass is 433 g/mol. The SMILES string of the molecule is COC1=CC(OC)C(Br)C=C1/C=N/Nc1ccc(C(F)(F)F)cc1N=O. The van der Waals surface area contributed by atoms with Gasteiger partial charge in [0.15, 0.2) is 0 Å². The minimum Gasteiger partial charge on any atom is -0.496 e. The molecule has 1 aliphatic rings. The third-order valence-corrected chi connectivity index (χ3v) is 4.34. The highest BCUT2D eigenvalue weighted by molar-refractivity contribution is 9.09. The summed E-state index contributed by atoms with van der Waals surface area (Å²) in [5.74, 6) is 0.527. The van der Waals surface area contributed by atoms with E-state index in [0.29, 0.717) is 17.4 Å². The number of hydrogen-bond acceptors (Lipinski definition) is 6. The molecule has 0 saturated carbocycles. The quantitative estimate of drug-likeness (QED) is 0.304. The highest BCUT2D eigenvalue weighted by atomic mass is 79.9. The number of rotatable bonds is 6. The number of ether oxygens (including phenoxy) is 2. The van der Waals surface area contributed by atoms with Gasteiger partial charge in [0.1, 0.15) is 11.4 Å². The second kappa shape index (κ2) is 8.45. The minimum atomic E-state index is -4.56. The molecule has 0 amide bonds. The number of nitrogens with zero attached hydrogens (tertiary/aromatic N) is 2. The van der Waals surface area contributed by atoms with E-state index in [-0.39, 0.29) is 16.6 Å². The van der Waals surface area contributed by atoms with E-state index in [9.17, 15) is 18.1 Å². The average Bonchev–Trinajstić information content (AvgIpc) is 2.61. The fourth-order valence-electron chi connectivity index (χ4n) is 2.23. The lowest BCUT2D eigenvalue weighted by molar-refractivity contribution is -0.137. The van der Waals surface area contributed by atoms with Crippen LogP contribution in [0.5, 0.6) is 0 Å². The Labute approximate surface area is 155 Å². The number of benzene rings is 1. The lowest BCUT2D eigenvalue weighted by Gasteiger charge is -2.22. The zero-order valence-corrected chi connectivity index (χ0v) is 15.3. The van der Waals surface area contributed by atoms with E-state index in [2.05, 4.69) is 31.6 Å². The summed E-state index contributed by atoms with van der Waals surface area (Å²) in [6, 6.07) is 2.58. The number of anilines is 1. The molecule has 1 aromatic rings. The number of alkyl halides is 4. The molecule has 1 aromatic carbocycles. The summed E-state index contributed by atoms with van der Waals surface area (Å²) in [6.07, 6.45) is 0.216. The molecule has 10 heteroatoms. The van der Waals surface area contributed by atoms with Crippen LogP contribution in [-0.4, -0.2) is 31.4 Å². The molecule has 0 aliphatic heterocycles. The molecular formula is C16H15BrF3N3O3. The number of nitrogens with one attached hydrogen (secondary N) is 1. The first-order valence-electron chi connectivity index (χ1n) is 7.28. The van der Waals surface area contributed by atoms with Crippen LogP contribution in [0.3, 0.4) is 0 Å². The van der Waals surface area contributed by atoms with E-state index in [4.69, 9.17) is 9.47 Å². The Bertz CT molecular complexity index is 763. The normalized spacial score (nSPS) is 20.5. The van der Waals surface area contributed by atoms with Crippen LogP contribution in [0.25, 0.3) is 0 Å². The van der Waals surface area contributed by atoms with Crippen LogP contribution in [0.15, 0.2) is 52.0 Å². The smallest absolute Gasteiger partial charge is 0.416 e. The second-order valence-electron chi connectivity index (χ2n) is 5.19. The third kappa shape index (κ3) is 4.70. The van der Waals surface area contributed by atoms with E-state index < -0.39 is 17.4 Å². The molecule has 0 fully saturated rings. The molecule has 0 heterocycles. The molecule has 1 N–H and O–H groups in total. The first kappa shape index (κ1) is 20.1. The number of nitroso groups, excluding NO2 is 1. The molecule has 0 bridgehead atoms. The fourth-order valence-corrected chi connectivity index (χ4v) is 2.88. The molecule has 0 radical (unpaired) electrons. The Morgan fingerprint density at radius 2 is 2.00 bits per heavy atom. The molecular weight excluding hydrogens is 419 g/mol. The van der Waals surface area contributed by atoms with Gasteiger partial charge in [-0.1, -0.05) is 22.0 Å². The first-order chi connectivity index (χ1) is 12.3. The summed E-state index contributed by atoms with van der Waals surface area (Å²) in [5, 5.41) is 6.56. The van der Waals surface area contributed by atoms with Crippen LogP contribution in [0.2, 0.25) is 0 Å². The molecule has 2 atom stereocenters. The van der Waals surface area contributed by atoms with E-state index in [0.717, 1.165) is 12.1 Å². The zero-order chi connectivity index (χ0) is 19.3. The summed E-state index contributed by atoms with van der Waals surface area (Å²) >= 11 is 3.45. The van der Waals surface area contributed by atoms with Crippen LogP contribution >= 0.6 is 15.9 Å². The summed E-state index contributed by atoms with van der Waals surface area (Å²) in [4.78, 5) is 10.7. The topological polar surface area (TPSA) is 72.3 Å². The number of hydrogen-bond donors (Lipinski definition) is 1. The number of hydrazone groups is 1. The Balaban J connectivity index is 2.18. The molecule has 0 aromatic heterocycles. The minimum absolute atomic E-state index is 0.0498. The Morgan fingerprint density at radius 1 is 1.27 bits per heavy atom. The maximum absolute atomic E-state index is 12.7. The highest BCUT2D eigenvalue weighted by Gasteiger charge is 2.31. The maximum atomic E-state index is 12.7. The van der Waals surface area contributed by atoms with Crippen molar-refractivity contribution in [1.82, 2.24) is 0 Å². The van der Waals surface area contributed by atoms with Crippen molar-refractivity contribution in [3.8, 4) is 0 Å². The van der Waals surface area contributed by atoms with Crippen LogP contribution in [-0.2, 0) is 15.7 Å². The molecule has 140 valence electrons. The van der Waals surface area contributed by atoms with Gasteiger partial charge in [-0.15, -0.1) is 4.91 Å². The molecule has 26 heavy (non-hydrogen) atoms. The first-order valence-corrected chi connectivity index (χ1v) is 8.20. The highest BCUT2D eigenvalue weighted by Crippen LogP contribution is 2.35. The van der Waals surface area contributed by atoms with E-state index >= 15 is 0 Å². The van der Waals surface area contributed by atoms with E-state index in [1.54, 1.807) is 13.2 Å². The molecule has 2 unspecified atom stereocenters. The van der Waals surface area contributed by atoms with Gasteiger partial charge in [-0.2, -0.15) is 18.3 Å². The van der Waals surface area contributed by atoms with Gasteiger partial charge < -0.3 is 9.47 Å². The van der Waals surface area contributed by atoms with Crippen molar-refractivity contribution in [3.05, 3.63) is 52.2 Å². The summed E-state index contributed by atoms with van der Waals surface area (Å²) in [5.41, 5.74) is 1.83. The molecule has 6 nitrogen and oxygen atoms in total. The summed E-state index contributed by atoms with van der Waals surface area (Å²) < 4.78 is 48.6. The largest absolute Gasteiger partial charge is 0.496 e. The fraction of sp³-hybridized carbons (Fsp3) is 0.312. The standard InChI is InChI=1S/C16H15BrF3N3O3/c1-25-14-7-15(26-2)11(17)5-9(14)8-21-22-12-4-3-10(16(18,19)20)6-13(12)23-24/h3-8,11,15,22H,1-2H3/b21-8+. The Morgan fingerprint density at radius 3 is 2.58 bits per heavy atom. The van der Waals surface area contributed by atoms with E-state index in [1.807, 2.05) is 6.08 Å². The van der Waals surface area contributed by atoms with Crippen LogP contribution in [0, 0.1) is 4.91 Å². The van der Waals surface area contributed by atoms with Crippen molar-refractivity contribution < 1.29 is 22.6 Å². The molecule has 2 rings (SSSR count). The van der Waals surface area contributed by atoms with Gasteiger partial charge in [0.05, 0.1) is 35.5 Å². The van der Waals surface area contributed by atoms with Crippen LogP contribution < -0.4 is 5.43 Å². The van der Waals surface area contributed by atoms with Crippen molar-refractivity contribution in [1.29, 1.82) is 0 Å². The average molecular weight is 434 g/mol. The Hall–Kier alpha value is -2.20. The molecule has 1 aliphatic carbocycles. The summed E-state index contributed by atoms with van der Waals surface area (Å²) in [6.45, 7) is 0. The Kier molecular flexibility index (Phi) is 6.54. The predicted molar refractivity (Wildman–Crippen MR) is 95.7 cm³/mol. The van der Waals surface area contributed by atoms with Gasteiger partial charge >= 0.3 is 6.18 Å². The molecule has 0 spiro atoms. The van der Waals surface area contributed by atoms with Crippen LogP contribution in [0.1, 0.15) is 5.56 Å². The number of halogens is 4. The van der Waals surface area contributed by atoms with Crippen LogP contribution in [0.4, 0.5) is 24.5 Å². The summed E-state index contributed by atoms with van der Waals surface area (Å²) in [7, 11) is 3.06. The number of allylic oxidation sites excluding steroid dienone is 1. The lowest BCUT2D eigenvalue weighted by Crippen LogP contribution is -2.24. The van der Waals surface area contributed by atoms with Gasteiger partial charge in [-0.3, -0.25) is 5.43 Å².